The molecule has 0 radical (unpaired) electrons. The third-order valence-corrected chi connectivity index (χ3v) is 2.41. The van der Waals surface area contributed by atoms with E-state index in [1.165, 1.54) is 0 Å². The molecule has 0 unspecified atom stereocenters. The zero-order valence-corrected chi connectivity index (χ0v) is 14.2. The van der Waals surface area contributed by atoms with Crippen LogP contribution in [0.4, 0.5) is 5.69 Å². The molecule has 110 valence electrons. The monoisotopic (exact) mass is 386 g/mol. The van der Waals surface area contributed by atoms with Gasteiger partial charge in [0, 0.05) is 25.3 Å². The summed E-state index contributed by atoms with van der Waals surface area (Å²) in [4.78, 5) is 4.44. The van der Waals surface area contributed by atoms with Crippen molar-refractivity contribution < 1.29 is 0 Å². The van der Waals surface area contributed by atoms with E-state index in [1.807, 2.05) is 25.1 Å². The average Bonchev–Trinajstić information content (AvgIpc) is 2.45. The van der Waals surface area contributed by atoms with Crippen molar-refractivity contribution in [1.29, 1.82) is 0 Å². The van der Waals surface area contributed by atoms with Crippen LogP contribution < -0.4 is 16.0 Å². The van der Waals surface area contributed by atoms with Gasteiger partial charge in [0.15, 0.2) is 5.96 Å². The molecule has 0 aliphatic heterocycles. The Kier molecular flexibility index (Phi) is 11.7. The van der Waals surface area contributed by atoms with E-state index in [0.717, 1.165) is 37.7 Å². The minimum Gasteiger partial charge on any atom is -0.385 e. The summed E-state index contributed by atoms with van der Waals surface area (Å²) in [6.45, 7) is 5.03. The summed E-state index contributed by atoms with van der Waals surface area (Å²) in [5.41, 5.74) is 1.14. The molecule has 1 rings (SSSR count). The number of halogens is 1. The van der Waals surface area contributed by atoms with Gasteiger partial charge in [-0.1, -0.05) is 24.1 Å². The number of terminal acetylenes is 1. The highest BCUT2D eigenvalue weighted by molar-refractivity contribution is 14.0. The van der Waals surface area contributed by atoms with Crippen molar-refractivity contribution in [2.24, 2.45) is 4.99 Å². The van der Waals surface area contributed by atoms with E-state index < -0.39 is 0 Å². The van der Waals surface area contributed by atoms with Crippen molar-refractivity contribution in [3.8, 4) is 12.3 Å². The number of para-hydroxylation sites is 1. The summed E-state index contributed by atoms with van der Waals surface area (Å²) >= 11 is 0. The van der Waals surface area contributed by atoms with E-state index in [9.17, 15) is 0 Å². The van der Waals surface area contributed by atoms with Crippen LogP contribution in [0, 0.1) is 12.3 Å². The first-order valence-electron chi connectivity index (χ1n) is 6.61. The number of nitrogens with one attached hydrogen (secondary N) is 3. The summed E-state index contributed by atoms with van der Waals surface area (Å²) in [5, 5.41) is 9.56. The lowest BCUT2D eigenvalue weighted by Crippen LogP contribution is -2.37. The van der Waals surface area contributed by atoms with Gasteiger partial charge < -0.3 is 16.0 Å². The molecule has 0 amide bonds. The van der Waals surface area contributed by atoms with Gasteiger partial charge in [-0.05, 0) is 25.5 Å². The molecule has 1 aromatic rings. The Labute approximate surface area is 138 Å². The third kappa shape index (κ3) is 8.64. The van der Waals surface area contributed by atoms with Crippen LogP contribution in [-0.2, 0) is 0 Å². The third-order valence-electron chi connectivity index (χ3n) is 2.41. The molecule has 20 heavy (non-hydrogen) atoms. The SMILES string of the molecule is C#CCNC(=NCCCNc1ccccc1)NCC.I. The highest BCUT2D eigenvalue weighted by Gasteiger charge is 1.94. The maximum atomic E-state index is 5.21. The summed E-state index contributed by atoms with van der Waals surface area (Å²) in [5.74, 6) is 3.31. The van der Waals surface area contributed by atoms with Gasteiger partial charge in [0.2, 0.25) is 0 Å². The topological polar surface area (TPSA) is 48.5 Å². The number of nitrogens with zero attached hydrogens (tertiary/aromatic N) is 1. The summed E-state index contributed by atoms with van der Waals surface area (Å²) in [7, 11) is 0. The summed E-state index contributed by atoms with van der Waals surface area (Å²) in [6.07, 6.45) is 6.18. The molecule has 0 aromatic heterocycles. The molecule has 0 saturated carbocycles. The van der Waals surface area contributed by atoms with Crippen LogP contribution in [0.3, 0.4) is 0 Å². The number of anilines is 1. The van der Waals surface area contributed by atoms with Crippen LogP contribution in [0.2, 0.25) is 0 Å². The molecule has 0 bridgehead atoms. The largest absolute Gasteiger partial charge is 0.385 e. The average molecular weight is 386 g/mol. The fourth-order valence-corrected chi connectivity index (χ4v) is 1.54. The van der Waals surface area contributed by atoms with Crippen LogP contribution in [0.5, 0.6) is 0 Å². The van der Waals surface area contributed by atoms with Gasteiger partial charge in [-0.25, -0.2) is 0 Å². The molecular formula is C15H23IN4. The van der Waals surface area contributed by atoms with Crippen molar-refractivity contribution >= 4 is 35.6 Å². The van der Waals surface area contributed by atoms with Crippen molar-refractivity contribution in [2.75, 3.05) is 31.5 Å². The Balaban J connectivity index is 0.00000361. The van der Waals surface area contributed by atoms with Gasteiger partial charge >= 0.3 is 0 Å². The molecule has 5 heteroatoms. The molecule has 0 atom stereocenters. The molecule has 1 aromatic carbocycles. The molecular weight excluding hydrogens is 363 g/mol. The number of aliphatic imine (C=N–C) groups is 1. The fraction of sp³-hybridized carbons (Fsp3) is 0.400. The number of guanidine groups is 1. The van der Waals surface area contributed by atoms with Crippen LogP contribution in [0.25, 0.3) is 0 Å². The molecule has 0 fully saturated rings. The number of hydrogen-bond donors (Lipinski definition) is 3. The Hall–Kier alpha value is -1.42. The zero-order chi connectivity index (χ0) is 13.8. The van der Waals surface area contributed by atoms with E-state index in [1.54, 1.807) is 0 Å². The smallest absolute Gasteiger partial charge is 0.192 e. The predicted molar refractivity (Wildman–Crippen MR) is 97.8 cm³/mol. The molecule has 0 heterocycles. The van der Waals surface area contributed by atoms with E-state index in [-0.39, 0.29) is 24.0 Å². The first-order chi connectivity index (χ1) is 9.36. The van der Waals surface area contributed by atoms with Gasteiger partial charge in [-0.15, -0.1) is 30.4 Å². The fourth-order valence-electron chi connectivity index (χ4n) is 1.54. The van der Waals surface area contributed by atoms with E-state index in [0.29, 0.717) is 6.54 Å². The van der Waals surface area contributed by atoms with Crippen molar-refractivity contribution in [3.63, 3.8) is 0 Å². The first-order valence-corrected chi connectivity index (χ1v) is 6.61. The normalized spacial score (nSPS) is 10.1. The van der Waals surface area contributed by atoms with Crippen LogP contribution >= 0.6 is 24.0 Å². The quantitative estimate of drug-likeness (QED) is 0.222. The highest BCUT2D eigenvalue weighted by atomic mass is 127. The van der Waals surface area contributed by atoms with Crippen LogP contribution in [-0.4, -0.2) is 32.1 Å². The predicted octanol–water partition coefficient (Wildman–Crippen LogP) is 2.29. The van der Waals surface area contributed by atoms with Gasteiger partial charge in [0.25, 0.3) is 0 Å². The molecule has 4 nitrogen and oxygen atoms in total. The number of rotatable bonds is 7. The lowest BCUT2D eigenvalue weighted by atomic mass is 10.3. The molecule has 0 spiro atoms. The maximum absolute atomic E-state index is 5.21. The second-order valence-corrected chi connectivity index (χ2v) is 3.96. The van der Waals surface area contributed by atoms with Crippen molar-refractivity contribution in [1.82, 2.24) is 10.6 Å². The number of hydrogen-bond acceptors (Lipinski definition) is 2. The second kappa shape index (κ2) is 12.6. The highest BCUT2D eigenvalue weighted by Crippen LogP contribution is 2.04. The molecule has 3 N–H and O–H groups in total. The Morgan fingerprint density at radius 2 is 2.00 bits per heavy atom. The lowest BCUT2D eigenvalue weighted by molar-refractivity contribution is 0.827. The van der Waals surface area contributed by atoms with Gasteiger partial charge in [0.1, 0.15) is 0 Å². The minimum absolute atomic E-state index is 0. The van der Waals surface area contributed by atoms with Crippen molar-refractivity contribution in [2.45, 2.75) is 13.3 Å². The molecule has 0 aliphatic rings. The Morgan fingerprint density at radius 3 is 2.65 bits per heavy atom. The number of benzene rings is 1. The molecule has 0 aliphatic carbocycles. The van der Waals surface area contributed by atoms with E-state index >= 15 is 0 Å². The Bertz CT molecular complexity index is 412. The van der Waals surface area contributed by atoms with Crippen molar-refractivity contribution in [3.05, 3.63) is 30.3 Å². The maximum Gasteiger partial charge on any atom is 0.192 e. The van der Waals surface area contributed by atoms with Crippen LogP contribution in [0.1, 0.15) is 13.3 Å². The second-order valence-electron chi connectivity index (χ2n) is 3.96. The summed E-state index contributed by atoms with van der Waals surface area (Å²) < 4.78 is 0. The first kappa shape index (κ1) is 18.6. The van der Waals surface area contributed by atoms with Gasteiger partial charge in [0.05, 0.1) is 6.54 Å². The minimum atomic E-state index is 0. The lowest BCUT2D eigenvalue weighted by Gasteiger charge is -2.09. The molecule has 0 saturated heterocycles. The van der Waals surface area contributed by atoms with E-state index in [4.69, 9.17) is 6.42 Å². The Morgan fingerprint density at radius 1 is 1.25 bits per heavy atom. The standard InChI is InChI=1S/C15H22N4.HI/c1-3-11-18-15(16-4-2)19-13-8-12-17-14-9-6-5-7-10-14;/h1,5-7,9-10,17H,4,8,11-13H2,2H3,(H2,16,18,19);1H. The summed E-state index contributed by atoms with van der Waals surface area (Å²) in [6, 6.07) is 10.2. The van der Waals surface area contributed by atoms with E-state index in [2.05, 4.69) is 39.0 Å². The van der Waals surface area contributed by atoms with Crippen LogP contribution in [0.15, 0.2) is 35.3 Å². The zero-order valence-electron chi connectivity index (χ0n) is 11.9. The van der Waals surface area contributed by atoms with Gasteiger partial charge in [-0.2, -0.15) is 0 Å². The van der Waals surface area contributed by atoms with Gasteiger partial charge in [-0.3, -0.25) is 4.99 Å².